The van der Waals surface area contributed by atoms with Crippen LogP contribution in [0.15, 0.2) is 48.2 Å². The van der Waals surface area contributed by atoms with Crippen molar-refractivity contribution in [3.8, 4) is 5.75 Å². The van der Waals surface area contributed by atoms with Crippen LogP contribution in [0.4, 0.5) is 5.69 Å². The van der Waals surface area contributed by atoms with Crippen LogP contribution in [0.1, 0.15) is 16.7 Å². The summed E-state index contributed by atoms with van der Waals surface area (Å²) in [4.78, 5) is 32.8. The number of carbonyl (C=O) groups is 2. The molecule has 0 N–H and O–H groups in total. The third-order valence-corrected chi connectivity index (χ3v) is 5.85. The summed E-state index contributed by atoms with van der Waals surface area (Å²) in [5.74, 6) is 0.192. The third kappa shape index (κ3) is 3.48. The average molecular weight is 405 g/mol. The number of methoxy groups -OCH3 is 1. The quantitative estimate of drug-likeness (QED) is 0.733. The average Bonchev–Trinajstić information content (AvgIpc) is 2.99. The predicted molar refractivity (Wildman–Crippen MR) is 117 cm³/mol. The van der Waals surface area contributed by atoms with Gasteiger partial charge in [-0.05, 0) is 50.2 Å². The second-order valence-electron chi connectivity index (χ2n) is 7.98. The third-order valence-electron chi connectivity index (χ3n) is 5.85. The number of amides is 2. The maximum Gasteiger partial charge on any atom is 0.282 e. The molecule has 6 nitrogen and oxygen atoms in total. The van der Waals surface area contributed by atoms with Crippen molar-refractivity contribution in [1.29, 1.82) is 0 Å². The van der Waals surface area contributed by atoms with Gasteiger partial charge in [0, 0.05) is 26.2 Å². The normalized spacial score (nSPS) is 17.9. The lowest BCUT2D eigenvalue weighted by Crippen LogP contribution is -2.46. The first-order chi connectivity index (χ1) is 14.4. The van der Waals surface area contributed by atoms with E-state index in [1.807, 2.05) is 56.3 Å². The number of hydrogen-bond donors (Lipinski definition) is 0. The molecule has 4 rings (SSSR count). The summed E-state index contributed by atoms with van der Waals surface area (Å²) >= 11 is 0. The fourth-order valence-corrected chi connectivity index (χ4v) is 4.13. The number of hydrogen-bond acceptors (Lipinski definition) is 5. The maximum atomic E-state index is 13.6. The summed E-state index contributed by atoms with van der Waals surface area (Å²) in [5.41, 5.74) is 4.34. The minimum Gasteiger partial charge on any atom is -0.497 e. The molecule has 0 bridgehead atoms. The molecule has 0 spiro atoms. The first kappa shape index (κ1) is 20.2. The Labute approximate surface area is 177 Å². The molecule has 2 aromatic carbocycles. The van der Waals surface area contributed by atoms with E-state index >= 15 is 0 Å². The predicted octanol–water partition coefficient (Wildman–Crippen LogP) is 2.84. The van der Waals surface area contributed by atoms with Gasteiger partial charge in [-0.3, -0.25) is 9.59 Å². The van der Waals surface area contributed by atoms with Crippen LogP contribution in [-0.2, 0) is 9.59 Å². The van der Waals surface area contributed by atoms with Crippen molar-refractivity contribution in [2.75, 3.05) is 45.2 Å². The summed E-state index contributed by atoms with van der Waals surface area (Å²) < 4.78 is 5.26. The van der Waals surface area contributed by atoms with E-state index in [2.05, 4.69) is 16.8 Å². The van der Waals surface area contributed by atoms with Crippen molar-refractivity contribution in [3.63, 3.8) is 0 Å². The van der Waals surface area contributed by atoms with Crippen LogP contribution >= 0.6 is 0 Å². The Morgan fingerprint density at radius 1 is 0.867 bits per heavy atom. The molecular formula is C24H27N3O3. The van der Waals surface area contributed by atoms with E-state index in [1.54, 1.807) is 7.11 Å². The molecule has 0 radical (unpaired) electrons. The Balaban J connectivity index is 1.81. The zero-order valence-corrected chi connectivity index (χ0v) is 17.9. The highest BCUT2D eigenvalue weighted by Gasteiger charge is 2.43. The van der Waals surface area contributed by atoms with Gasteiger partial charge in [0.05, 0.1) is 18.4 Å². The summed E-state index contributed by atoms with van der Waals surface area (Å²) in [6, 6.07) is 13.1. The Bertz CT molecular complexity index is 1020. The molecule has 2 amide bonds. The maximum absolute atomic E-state index is 13.6. The van der Waals surface area contributed by atoms with Gasteiger partial charge in [0.2, 0.25) is 0 Å². The van der Waals surface area contributed by atoms with Gasteiger partial charge in [0.15, 0.2) is 0 Å². The molecule has 0 atom stereocenters. The number of piperazine rings is 1. The number of likely N-dealkylation sites (N-methyl/N-ethyl adjacent to an activating group) is 1. The van der Waals surface area contributed by atoms with Crippen molar-refractivity contribution < 1.29 is 14.3 Å². The largest absolute Gasteiger partial charge is 0.497 e. The van der Waals surface area contributed by atoms with E-state index in [0.717, 1.165) is 29.8 Å². The molecule has 0 aliphatic carbocycles. The van der Waals surface area contributed by atoms with Crippen LogP contribution < -0.4 is 9.64 Å². The van der Waals surface area contributed by atoms with E-state index < -0.39 is 0 Å². The van der Waals surface area contributed by atoms with Crippen LogP contribution in [0.3, 0.4) is 0 Å². The van der Waals surface area contributed by atoms with E-state index in [4.69, 9.17) is 4.74 Å². The fraction of sp³-hybridized carbons (Fsp3) is 0.333. The Kier molecular flexibility index (Phi) is 5.35. The SMILES string of the molecule is COc1ccc(C2=C(N3CCN(C)CC3)C(=O)N(c3ccc(C)cc3C)C2=O)cc1. The van der Waals surface area contributed by atoms with Crippen molar-refractivity contribution in [1.82, 2.24) is 9.80 Å². The summed E-state index contributed by atoms with van der Waals surface area (Å²) in [6.07, 6.45) is 0. The van der Waals surface area contributed by atoms with E-state index in [9.17, 15) is 9.59 Å². The van der Waals surface area contributed by atoms with E-state index in [-0.39, 0.29) is 11.8 Å². The number of benzene rings is 2. The molecular weight excluding hydrogens is 378 g/mol. The molecule has 0 unspecified atom stereocenters. The van der Waals surface area contributed by atoms with Gasteiger partial charge < -0.3 is 14.5 Å². The van der Waals surface area contributed by atoms with Crippen molar-refractivity contribution in [2.45, 2.75) is 13.8 Å². The van der Waals surface area contributed by atoms with E-state index in [1.165, 1.54) is 4.90 Å². The molecule has 2 aliphatic heterocycles. The first-order valence-electron chi connectivity index (χ1n) is 10.2. The number of anilines is 1. The highest BCUT2D eigenvalue weighted by molar-refractivity contribution is 6.45. The number of ether oxygens (including phenoxy) is 1. The Morgan fingerprint density at radius 2 is 1.53 bits per heavy atom. The van der Waals surface area contributed by atoms with Gasteiger partial charge in [-0.15, -0.1) is 0 Å². The fourth-order valence-electron chi connectivity index (χ4n) is 4.13. The number of imide groups is 1. The first-order valence-corrected chi connectivity index (χ1v) is 10.2. The van der Waals surface area contributed by atoms with Crippen LogP contribution in [0, 0.1) is 13.8 Å². The van der Waals surface area contributed by atoms with Gasteiger partial charge in [-0.1, -0.05) is 29.8 Å². The monoisotopic (exact) mass is 405 g/mol. The van der Waals surface area contributed by atoms with Gasteiger partial charge >= 0.3 is 0 Å². The summed E-state index contributed by atoms with van der Waals surface area (Å²) in [5, 5.41) is 0. The molecule has 1 fully saturated rings. The van der Waals surface area contributed by atoms with Gasteiger partial charge in [0.25, 0.3) is 11.8 Å². The minimum absolute atomic E-state index is 0.248. The standard InChI is InChI=1S/C24H27N3O3/c1-16-5-10-20(17(2)15-16)27-23(28)21(18-6-8-19(30-4)9-7-18)22(24(27)29)26-13-11-25(3)12-14-26/h5-10,15H,11-14H2,1-4H3. The molecule has 156 valence electrons. The number of aryl methyl sites for hydroxylation is 2. The molecule has 2 aliphatic rings. The minimum atomic E-state index is -0.272. The van der Waals surface area contributed by atoms with E-state index in [0.29, 0.717) is 35.8 Å². The lowest BCUT2D eigenvalue weighted by Gasteiger charge is -2.34. The highest BCUT2D eigenvalue weighted by Crippen LogP contribution is 2.37. The van der Waals surface area contributed by atoms with Crippen molar-refractivity contribution >= 4 is 23.1 Å². The topological polar surface area (TPSA) is 53.1 Å². The zero-order chi connectivity index (χ0) is 21.4. The van der Waals surface area contributed by atoms with Crippen LogP contribution in [0.25, 0.3) is 5.57 Å². The summed E-state index contributed by atoms with van der Waals surface area (Å²) in [6.45, 7) is 7.07. The van der Waals surface area contributed by atoms with Crippen molar-refractivity contribution in [3.05, 3.63) is 64.9 Å². The molecule has 0 aromatic heterocycles. The number of carbonyl (C=O) groups excluding carboxylic acids is 2. The smallest absolute Gasteiger partial charge is 0.282 e. The molecule has 2 heterocycles. The number of nitrogens with zero attached hydrogens (tertiary/aromatic N) is 3. The molecule has 6 heteroatoms. The van der Waals surface area contributed by atoms with Gasteiger partial charge in [0.1, 0.15) is 11.4 Å². The zero-order valence-electron chi connectivity index (χ0n) is 17.9. The lowest BCUT2D eigenvalue weighted by molar-refractivity contribution is -0.120. The molecule has 1 saturated heterocycles. The second kappa shape index (κ2) is 7.95. The van der Waals surface area contributed by atoms with Crippen LogP contribution in [-0.4, -0.2) is 62.0 Å². The number of rotatable bonds is 4. The van der Waals surface area contributed by atoms with Crippen LogP contribution in [0.5, 0.6) is 5.75 Å². The van der Waals surface area contributed by atoms with Gasteiger partial charge in [-0.2, -0.15) is 0 Å². The summed E-state index contributed by atoms with van der Waals surface area (Å²) in [7, 11) is 3.68. The molecule has 2 aromatic rings. The molecule has 0 saturated carbocycles. The Hall–Kier alpha value is -3.12. The molecule has 30 heavy (non-hydrogen) atoms. The van der Waals surface area contributed by atoms with Crippen LogP contribution in [0.2, 0.25) is 0 Å². The lowest BCUT2D eigenvalue weighted by atomic mass is 10.0. The Morgan fingerprint density at radius 3 is 2.13 bits per heavy atom. The van der Waals surface area contributed by atoms with Gasteiger partial charge in [-0.25, -0.2) is 4.90 Å². The second-order valence-corrected chi connectivity index (χ2v) is 7.98. The van der Waals surface area contributed by atoms with Crippen molar-refractivity contribution in [2.24, 2.45) is 0 Å². The highest BCUT2D eigenvalue weighted by atomic mass is 16.5.